The van der Waals surface area contributed by atoms with Gasteiger partial charge < -0.3 is 24.8 Å². The monoisotopic (exact) mass is 490 g/mol. The van der Waals surface area contributed by atoms with E-state index in [9.17, 15) is 9.59 Å². The van der Waals surface area contributed by atoms with Crippen molar-refractivity contribution in [2.45, 2.75) is 35.5 Å². The van der Waals surface area contributed by atoms with Crippen molar-refractivity contribution in [2.24, 2.45) is 0 Å². The van der Waals surface area contributed by atoms with Crippen molar-refractivity contribution in [1.82, 2.24) is 0 Å². The predicted octanol–water partition coefficient (Wildman–Crippen LogP) is 5.29. The Balaban J connectivity index is 1.18. The topological polar surface area (TPSA) is 85.9 Å². The summed E-state index contributed by atoms with van der Waals surface area (Å²) in [6.45, 7) is 1.41. The summed E-state index contributed by atoms with van der Waals surface area (Å²) in [7, 11) is 0. The van der Waals surface area contributed by atoms with E-state index < -0.39 is 0 Å². The van der Waals surface area contributed by atoms with Gasteiger partial charge in [0.05, 0.1) is 12.3 Å². The first-order valence-corrected chi connectivity index (χ1v) is 12.5. The van der Waals surface area contributed by atoms with E-state index in [1.54, 1.807) is 11.8 Å². The Labute approximate surface area is 208 Å². The van der Waals surface area contributed by atoms with Crippen molar-refractivity contribution < 1.29 is 23.8 Å². The third-order valence-corrected chi connectivity index (χ3v) is 6.74. The lowest BCUT2D eigenvalue weighted by atomic mass is 10.0. The fourth-order valence-corrected chi connectivity index (χ4v) is 4.89. The molecule has 5 rings (SSSR count). The molecule has 0 aromatic heterocycles. The second kappa shape index (κ2) is 10.7. The Hall–Kier alpha value is -3.65. The predicted molar refractivity (Wildman–Crippen MR) is 135 cm³/mol. The molecule has 2 N–H and O–H groups in total. The van der Waals surface area contributed by atoms with Crippen molar-refractivity contribution in [1.29, 1.82) is 0 Å². The van der Waals surface area contributed by atoms with Crippen LogP contribution in [0.2, 0.25) is 0 Å². The second-order valence-electron chi connectivity index (χ2n) is 8.27. The van der Waals surface area contributed by atoms with E-state index in [4.69, 9.17) is 14.2 Å². The average Bonchev–Trinajstić information content (AvgIpc) is 2.87. The van der Waals surface area contributed by atoms with Gasteiger partial charge >= 0.3 is 0 Å². The van der Waals surface area contributed by atoms with Gasteiger partial charge in [-0.15, -0.1) is 0 Å². The molecule has 0 unspecified atom stereocenters. The molecule has 2 heterocycles. The molecule has 8 heteroatoms. The number of aryl methyl sites for hydroxylation is 1. The SMILES string of the molecule is O=C1CCc2cc(OCCCC(=O)Nc3cc4c(cc3Sc3ccccc3)OCCO4)ccc2N1. The lowest BCUT2D eigenvalue weighted by molar-refractivity contribution is -0.117. The molecular formula is C27H26N2O5S. The van der Waals surface area contributed by atoms with Gasteiger partial charge in [0, 0.05) is 40.5 Å². The molecule has 0 bridgehead atoms. The summed E-state index contributed by atoms with van der Waals surface area (Å²) in [6, 6.07) is 19.4. The lowest BCUT2D eigenvalue weighted by Gasteiger charge is -2.21. The van der Waals surface area contributed by atoms with Gasteiger partial charge in [-0.2, -0.15) is 0 Å². The summed E-state index contributed by atoms with van der Waals surface area (Å²) in [5, 5.41) is 5.90. The molecule has 0 radical (unpaired) electrons. The quantitative estimate of drug-likeness (QED) is 0.417. The first-order chi connectivity index (χ1) is 17.1. The zero-order chi connectivity index (χ0) is 24.0. The van der Waals surface area contributed by atoms with Crippen LogP contribution in [0.25, 0.3) is 0 Å². The molecule has 0 aliphatic carbocycles. The minimum atomic E-state index is -0.0895. The third-order valence-electron chi connectivity index (χ3n) is 5.68. The number of anilines is 2. The van der Waals surface area contributed by atoms with E-state index >= 15 is 0 Å². The van der Waals surface area contributed by atoms with Crippen LogP contribution < -0.4 is 24.8 Å². The molecule has 0 spiro atoms. The number of carbonyl (C=O) groups is 2. The van der Waals surface area contributed by atoms with Crippen LogP contribution in [0.4, 0.5) is 11.4 Å². The Bertz CT molecular complexity index is 1230. The van der Waals surface area contributed by atoms with Gasteiger partial charge in [0.1, 0.15) is 19.0 Å². The highest BCUT2D eigenvalue weighted by Crippen LogP contribution is 2.42. The summed E-state index contributed by atoms with van der Waals surface area (Å²) in [5.41, 5.74) is 2.62. The van der Waals surface area contributed by atoms with E-state index in [1.807, 2.05) is 60.7 Å². The number of rotatable bonds is 8. The normalized spacial score (nSPS) is 14.0. The van der Waals surface area contributed by atoms with Gasteiger partial charge in [-0.25, -0.2) is 0 Å². The van der Waals surface area contributed by atoms with Crippen LogP contribution in [0.15, 0.2) is 70.5 Å². The van der Waals surface area contributed by atoms with Crippen LogP contribution in [-0.4, -0.2) is 31.6 Å². The van der Waals surface area contributed by atoms with Gasteiger partial charge in [-0.05, 0) is 48.7 Å². The van der Waals surface area contributed by atoms with Gasteiger partial charge in [0.15, 0.2) is 11.5 Å². The van der Waals surface area contributed by atoms with Crippen LogP contribution in [0.3, 0.4) is 0 Å². The fraction of sp³-hybridized carbons (Fsp3) is 0.259. The molecule has 0 saturated carbocycles. The van der Waals surface area contributed by atoms with Gasteiger partial charge in [-0.1, -0.05) is 30.0 Å². The minimum Gasteiger partial charge on any atom is -0.494 e. The van der Waals surface area contributed by atoms with E-state index in [1.165, 1.54) is 0 Å². The Morgan fingerprint density at radius 1 is 1.00 bits per heavy atom. The molecule has 0 atom stereocenters. The van der Waals surface area contributed by atoms with Crippen molar-refractivity contribution >= 4 is 35.0 Å². The van der Waals surface area contributed by atoms with Gasteiger partial charge in [0.25, 0.3) is 0 Å². The zero-order valence-electron chi connectivity index (χ0n) is 19.2. The van der Waals surface area contributed by atoms with Crippen molar-refractivity contribution in [3.63, 3.8) is 0 Å². The zero-order valence-corrected chi connectivity index (χ0v) is 20.0. The Morgan fingerprint density at radius 3 is 2.63 bits per heavy atom. The highest BCUT2D eigenvalue weighted by molar-refractivity contribution is 7.99. The van der Waals surface area contributed by atoms with E-state index in [-0.39, 0.29) is 11.8 Å². The molecular weight excluding hydrogens is 464 g/mol. The number of carbonyl (C=O) groups excluding carboxylic acids is 2. The summed E-state index contributed by atoms with van der Waals surface area (Å²) in [4.78, 5) is 26.2. The minimum absolute atomic E-state index is 0.0421. The number of hydrogen-bond acceptors (Lipinski definition) is 6. The molecule has 35 heavy (non-hydrogen) atoms. The maximum absolute atomic E-state index is 12.7. The first kappa shape index (κ1) is 23.1. The molecule has 2 aliphatic heterocycles. The molecule has 3 aromatic carbocycles. The fourth-order valence-electron chi connectivity index (χ4n) is 3.95. The third kappa shape index (κ3) is 5.89. The van der Waals surface area contributed by atoms with Crippen molar-refractivity contribution in [2.75, 3.05) is 30.5 Å². The molecule has 0 saturated heterocycles. The number of benzene rings is 3. The van der Waals surface area contributed by atoms with Gasteiger partial charge in [0.2, 0.25) is 11.8 Å². The van der Waals surface area contributed by atoms with E-state index in [0.717, 1.165) is 26.8 Å². The maximum Gasteiger partial charge on any atom is 0.224 e. The second-order valence-corrected chi connectivity index (χ2v) is 9.39. The van der Waals surface area contributed by atoms with E-state index in [2.05, 4.69) is 10.6 Å². The highest BCUT2D eigenvalue weighted by Gasteiger charge is 2.18. The standard InChI is InChI=1S/C27H26N2O5S/c30-26(7-4-12-32-19-9-10-21-18(15-19)8-11-27(31)28-21)29-22-16-23-24(34-14-13-33-23)17-25(22)35-20-5-2-1-3-6-20/h1-3,5-6,9-10,15-17H,4,7-8,11-14H2,(H,28,31)(H,29,30). The number of ether oxygens (including phenoxy) is 3. The summed E-state index contributed by atoms with van der Waals surface area (Å²) >= 11 is 1.56. The molecule has 7 nitrogen and oxygen atoms in total. The molecule has 0 fully saturated rings. The Morgan fingerprint density at radius 2 is 1.80 bits per heavy atom. The van der Waals surface area contributed by atoms with Crippen LogP contribution in [-0.2, 0) is 16.0 Å². The van der Waals surface area contributed by atoms with Crippen molar-refractivity contribution in [3.8, 4) is 17.2 Å². The summed E-state index contributed by atoms with van der Waals surface area (Å²) in [6.07, 6.45) is 2.09. The molecule has 2 aliphatic rings. The molecule has 180 valence electrons. The van der Waals surface area contributed by atoms with Crippen LogP contribution in [0, 0.1) is 0 Å². The first-order valence-electron chi connectivity index (χ1n) is 11.7. The maximum atomic E-state index is 12.7. The van der Waals surface area contributed by atoms with Crippen molar-refractivity contribution in [3.05, 3.63) is 66.2 Å². The molecule has 3 aromatic rings. The lowest BCUT2D eigenvalue weighted by Crippen LogP contribution is -2.19. The number of fused-ring (bicyclic) bond motifs is 2. The summed E-state index contributed by atoms with van der Waals surface area (Å²) < 4.78 is 17.3. The van der Waals surface area contributed by atoms with E-state index in [0.29, 0.717) is 62.7 Å². The number of hydrogen-bond donors (Lipinski definition) is 2. The van der Waals surface area contributed by atoms with Crippen LogP contribution in [0.1, 0.15) is 24.8 Å². The smallest absolute Gasteiger partial charge is 0.224 e. The Kier molecular flexibility index (Phi) is 7.09. The number of nitrogens with one attached hydrogen (secondary N) is 2. The molecule has 2 amide bonds. The summed E-state index contributed by atoms with van der Waals surface area (Å²) in [5.74, 6) is 2.02. The van der Waals surface area contributed by atoms with Crippen LogP contribution >= 0.6 is 11.8 Å². The number of amides is 2. The van der Waals surface area contributed by atoms with Crippen LogP contribution in [0.5, 0.6) is 17.2 Å². The van der Waals surface area contributed by atoms with Gasteiger partial charge in [-0.3, -0.25) is 9.59 Å². The highest BCUT2D eigenvalue weighted by atomic mass is 32.2. The largest absolute Gasteiger partial charge is 0.494 e. The average molecular weight is 491 g/mol.